The molecule has 5 rings (SSSR count). The number of aliphatic carboxylic acids is 1. The highest BCUT2D eigenvalue weighted by Crippen LogP contribution is 2.31. The quantitative estimate of drug-likeness (QED) is 0.194. The number of nitrogens with one attached hydrogen (secondary N) is 2. The maximum absolute atomic E-state index is 13.6. The molecule has 0 aliphatic heterocycles. The van der Waals surface area contributed by atoms with Crippen molar-refractivity contribution in [2.45, 2.75) is 19.0 Å². The lowest BCUT2D eigenvalue weighted by atomic mass is 10.0. The summed E-state index contributed by atoms with van der Waals surface area (Å²) in [7, 11) is 0. The number of hydrogen-bond donors (Lipinski definition) is 3. The van der Waals surface area contributed by atoms with Gasteiger partial charge in [0, 0.05) is 5.56 Å². The van der Waals surface area contributed by atoms with Crippen molar-refractivity contribution in [3.63, 3.8) is 0 Å². The molecule has 0 radical (unpaired) electrons. The van der Waals surface area contributed by atoms with Crippen molar-refractivity contribution in [3.8, 4) is 23.0 Å². The molecule has 0 spiro atoms. The van der Waals surface area contributed by atoms with Gasteiger partial charge in [0.1, 0.15) is 19.0 Å². The Morgan fingerprint density at radius 3 is 2.37 bits per heavy atom. The van der Waals surface area contributed by atoms with Crippen LogP contribution >= 0.6 is 0 Å². The molecule has 3 aromatic carbocycles. The summed E-state index contributed by atoms with van der Waals surface area (Å²) in [5.74, 6) is -0.209. The lowest BCUT2D eigenvalue weighted by Crippen LogP contribution is -2.18. The molecule has 0 atom stereocenters. The highest BCUT2D eigenvalue weighted by atomic mass is 19.4. The Kier molecular flexibility index (Phi) is 7.92. The topological polar surface area (TPSA) is 122 Å². The van der Waals surface area contributed by atoms with Crippen molar-refractivity contribution >= 4 is 17.0 Å². The molecule has 0 unspecified atom stereocenters. The first-order chi connectivity index (χ1) is 19.7. The average Bonchev–Trinajstić information content (AvgIpc) is 3.52. The Hall–Kier alpha value is -4.84. The third-order valence-electron chi connectivity index (χ3n) is 6.39. The molecule has 0 saturated carbocycles. The minimum absolute atomic E-state index is 0.131. The molecule has 3 N–H and O–H groups in total. The normalized spacial score (nSPS) is 11.7. The molecule has 0 aliphatic rings. The first kappa shape index (κ1) is 27.7. The second kappa shape index (κ2) is 11.7. The molecular weight excluding hydrogens is 541 g/mol. The van der Waals surface area contributed by atoms with Crippen LogP contribution < -0.4 is 10.3 Å². The number of aromatic nitrogens is 4. The number of carboxylic acids is 1. The van der Waals surface area contributed by atoms with Gasteiger partial charge in [0.2, 0.25) is 5.95 Å². The monoisotopic (exact) mass is 566 g/mol. The van der Waals surface area contributed by atoms with Crippen molar-refractivity contribution in [3.05, 3.63) is 99.8 Å². The summed E-state index contributed by atoms with van der Waals surface area (Å²) in [5.41, 5.74) is 2.42. The minimum Gasteiger partial charge on any atom is -0.491 e. The van der Waals surface area contributed by atoms with Crippen molar-refractivity contribution in [1.29, 1.82) is 0 Å². The Labute approximate surface area is 231 Å². The molecule has 12 heteroatoms. The van der Waals surface area contributed by atoms with Crippen LogP contribution in [0.2, 0.25) is 0 Å². The van der Waals surface area contributed by atoms with Crippen LogP contribution in [0.1, 0.15) is 16.7 Å². The number of hydrogen-bond acceptors (Lipinski definition) is 5. The van der Waals surface area contributed by atoms with Gasteiger partial charge >= 0.3 is 12.1 Å². The van der Waals surface area contributed by atoms with E-state index < -0.39 is 24.3 Å². The fraction of sp³-hybridized carbons (Fsp3) is 0.207. The van der Waals surface area contributed by atoms with Gasteiger partial charge < -0.3 is 19.6 Å². The van der Waals surface area contributed by atoms with Crippen LogP contribution in [0.4, 0.5) is 13.2 Å². The maximum Gasteiger partial charge on any atom is 0.416 e. The van der Waals surface area contributed by atoms with E-state index in [2.05, 4.69) is 15.1 Å². The van der Waals surface area contributed by atoms with Gasteiger partial charge in [-0.1, -0.05) is 36.4 Å². The van der Waals surface area contributed by atoms with Crippen LogP contribution in [-0.2, 0) is 28.5 Å². The number of fused-ring (bicyclic) bond motifs is 1. The molecule has 0 bridgehead atoms. The summed E-state index contributed by atoms with van der Waals surface area (Å²) < 4.78 is 51.2. The van der Waals surface area contributed by atoms with E-state index in [4.69, 9.17) is 14.6 Å². The number of alkyl halides is 3. The molecule has 2 heterocycles. The molecule has 0 saturated heterocycles. The number of aryl methyl sites for hydroxylation is 1. The molecule has 212 valence electrons. The summed E-state index contributed by atoms with van der Waals surface area (Å²) >= 11 is 0. The summed E-state index contributed by atoms with van der Waals surface area (Å²) in [5, 5.41) is 11.6. The van der Waals surface area contributed by atoms with E-state index in [1.165, 1.54) is 16.8 Å². The lowest BCUT2D eigenvalue weighted by molar-refractivity contribution is -0.142. The number of halogens is 3. The molecule has 41 heavy (non-hydrogen) atoms. The molecule has 0 aliphatic carbocycles. The van der Waals surface area contributed by atoms with E-state index in [1.807, 2.05) is 30.3 Å². The lowest BCUT2D eigenvalue weighted by Gasteiger charge is -2.09. The molecule has 0 fully saturated rings. The molecule has 5 aromatic rings. The van der Waals surface area contributed by atoms with E-state index in [1.54, 1.807) is 18.2 Å². The van der Waals surface area contributed by atoms with Crippen LogP contribution in [0.5, 0.6) is 5.75 Å². The minimum atomic E-state index is -4.48. The van der Waals surface area contributed by atoms with E-state index in [-0.39, 0.29) is 24.7 Å². The number of H-pyrrole nitrogens is 2. The van der Waals surface area contributed by atoms with Crippen LogP contribution in [0, 0.1) is 0 Å². The Bertz CT molecular complexity index is 1670. The van der Waals surface area contributed by atoms with Gasteiger partial charge in [-0.2, -0.15) is 17.9 Å². The number of carboxylic acid groups (broad SMARTS) is 1. The third kappa shape index (κ3) is 6.49. The highest BCUT2D eigenvalue weighted by molar-refractivity contribution is 5.76. The zero-order valence-corrected chi connectivity index (χ0v) is 21.6. The van der Waals surface area contributed by atoms with Crippen LogP contribution in [0.3, 0.4) is 0 Å². The smallest absolute Gasteiger partial charge is 0.416 e. The van der Waals surface area contributed by atoms with Crippen LogP contribution in [0.15, 0.2) is 77.6 Å². The number of para-hydroxylation sites is 2. The number of nitrogens with zero attached hydrogens (tertiary/aromatic N) is 2. The molecule has 2 aromatic heterocycles. The second-order valence-electron chi connectivity index (χ2n) is 9.20. The van der Waals surface area contributed by atoms with Gasteiger partial charge in [0.15, 0.2) is 0 Å². The molecule has 0 amide bonds. The average molecular weight is 567 g/mol. The van der Waals surface area contributed by atoms with Crippen molar-refractivity contribution < 1.29 is 32.5 Å². The number of carbonyl (C=O) groups is 1. The first-order valence-electron chi connectivity index (χ1n) is 12.7. The largest absolute Gasteiger partial charge is 0.491 e. The summed E-state index contributed by atoms with van der Waals surface area (Å²) in [4.78, 5) is 31.7. The van der Waals surface area contributed by atoms with Crippen LogP contribution in [-0.4, -0.2) is 50.6 Å². The van der Waals surface area contributed by atoms with E-state index in [0.29, 0.717) is 40.9 Å². The van der Waals surface area contributed by atoms with Crippen molar-refractivity contribution in [1.82, 2.24) is 19.7 Å². The van der Waals surface area contributed by atoms with Gasteiger partial charge in [0.25, 0.3) is 5.56 Å². The van der Waals surface area contributed by atoms with Crippen LogP contribution in [0.25, 0.3) is 28.2 Å². The Morgan fingerprint density at radius 2 is 1.68 bits per heavy atom. The Morgan fingerprint density at radius 1 is 0.951 bits per heavy atom. The maximum atomic E-state index is 13.6. The summed E-state index contributed by atoms with van der Waals surface area (Å²) in [6, 6.07) is 19.1. The number of imidazole rings is 1. The number of aromatic amines is 2. The van der Waals surface area contributed by atoms with Gasteiger partial charge in [-0.05, 0) is 60.4 Å². The van der Waals surface area contributed by atoms with Gasteiger partial charge in [0.05, 0.1) is 28.9 Å². The SMILES string of the molecule is O=C(O)COCCOc1ccc(CCc2c(-c3ccc(C(F)(F)F)cc3)[nH]n(-c3nc4ccccc4[nH]3)c2=O)cc1. The molecular formula is C29H25F3N4O5. The molecule has 9 nitrogen and oxygen atoms in total. The van der Waals surface area contributed by atoms with E-state index in [0.717, 1.165) is 23.2 Å². The fourth-order valence-corrected chi connectivity index (χ4v) is 4.36. The number of benzene rings is 3. The predicted octanol–water partition coefficient (Wildman–Crippen LogP) is 4.99. The van der Waals surface area contributed by atoms with Gasteiger partial charge in [-0.25, -0.2) is 9.78 Å². The summed E-state index contributed by atoms with van der Waals surface area (Å²) in [6.45, 7) is -0.0759. The number of rotatable bonds is 11. The zero-order chi connectivity index (χ0) is 29.0. The fourth-order valence-electron chi connectivity index (χ4n) is 4.36. The first-order valence-corrected chi connectivity index (χ1v) is 12.7. The summed E-state index contributed by atoms with van der Waals surface area (Å²) in [6.07, 6.45) is -3.69. The third-order valence-corrected chi connectivity index (χ3v) is 6.39. The van der Waals surface area contributed by atoms with Gasteiger partial charge in [-0.3, -0.25) is 9.89 Å². The standard InChI is InChI=1S/C29H25F3N4O5/c30-29(31,32)20-10-8-19(9-11-20)26-22(27(39)36(35-26)28-33-23-3-1-2-4-24(23)34-28)14-7-18-5-12-21(13-6-18)41-16-15-40-17-25(37)38/h1-6,8-13,35H,7,14-17H2,(H,33,34)(H,37,38). The van der Waals surface area contributed by atoms with Gasteiger partial charge in [-0.15, -0.1) is 0 Å². The van der Waals surface area contributed by atoms with Crippen molar-refractivity contribution in [2.75, 3.05) is 19.8 Å². The Balaban J connectivity index is 1.38. The van der Waals surface area contributed by atoms with E-state index in [9.17, 15) is 22.8 Å². The van der Waals surface area contributed by atoms with Crippen molar-refractivity contribution in [2.24, 2.45) is 0 Å². The van der Waals surface area contributed by atoms with E-state index >= 15 is 0 Å². The zero-order valence-electron chi connectivity index (χ0n) is 21.6. The highest BCUT2D eigenvalue weighted by Gasteiger charge is 2.30. The second-order valence-corrected chi connectivity index (χ2v) is 9.20. The predicted molar refractivity (Wildman–Crippen MR) is 144 cm³/mol. The number of ether oxygens (including phenoxy) is 2.